The summed E-state index contributed by atoms with van der Waals surface area (Å²) < 4.78 is 3.87. The molecule has 3 rings (SSSR count). The SMILES string of the molecule is S=c1[nH]c2cc(Br)cnc2n1CC1CC=CCC1. The average molecular weight is 324 g/mol. The maximum Gasteiger partial charge on any atom is 0.179 e. The van der Waals surface area contributed by atoms with E-state index >= 15 is 0 Å². The Morgan fingerprint density at radius 3 is 3.17 bits per heavy atom. The molecule has 2 aromatic heterocycles. The summed E-state index contributed by atoms with van der Waals surface area (Å²) in [4.78, 5) is 7.69. The third kappa shape index (κ3) is 2.29. The minimum Gasteiger partial charge on any atom is -0.329 e. The van der Waals surface area contributed by atoms with Gasteiger partial charge in [0.25, 0.3) is 0 Å². The smallest absolute Gasteiger partial charge is 0.179 e. The first-order chi connectivity index (χ1) is 8.74. The molecule has 0 radical (unpaired) electrons. The second-order valence-corrected chi connectivity index (χ2v) is 6.02. The summed E-state index contributed by atoms with van der Waals surface area (Å²) in [7, 11) is 0. The molecule has 0 spiro atoms. The van der Waals surface area contributed by atoms with Gasteiger partial charge in [-0.25, -0.2) is 4.98 Å². The van der Waals surface area contributed by atoms with E-state index in [2.05, 4.69) is 42.6 Å². The largest absolute Gasteiger partial charge is 0.329 e. The Bertz CT molecular complexity index is 656. The number of fused-ring (bicyclic) bond motifs is 1. The molecule has 1 aliphatic carbocycles. The number of H-pyrrole nitrogens is 1. The van der Waals surface area contributed by atoms with Crippen molar-refractivity contribution in [2.45, 2.75) is 25.8 Å². The van der Waals surface area contributed by atoms with Crippen molar-refractivity contribution in [2.75, 3.05) is 0 Å². The number of rotatable bonds is 2. The zero-order valence-electron chi connectivity index (χ0n) is 9.90. The molecule has 0 aliphatic heterocycles. The van der Waals surface area contributed by atoms with Crippen LogP contribution in [0.25, 0.3) is 11.2 Å². The van der Waals surface area contributed by atoms with E-state index in [1.165, 1.54) is 12.8 Å². The minimum absolute atomic E-state index is 0.672. The van der Waals surface area contributed by atoms with E-state index in [0.29, 0.717) is 5.92 Å². The Labute approximate surface area is 119 Å². The van der Waals surface area contributed by atoms with Crippen LogP contribution < -0.4 is 0 Å². The highest BCUT2D eigenvalue weighted by Gasteiger charge is 2.14. The molecule has 5 heteroatoms. The van der Waals surface area contributed by atoms with Crippen molar-refractivity contribution in [2.24, 2.45) is 5.92 Å². The zero-order valence-corrected chi connectivity index (χ0v) is 12.3. The molecule has 94 valence electrons. The van der Waals surface area contributed by atoms with Gasteiger partial charge >= 0.3 is 0 Å². The first-order valence-electron chi connectivity index (χ1n) is 6.13. The van der Waals surface area contributed by atoms with Crippen LogP contribution in [0.1, 0.15) is 19.3 Å². The molecule has 0 aromatic carbocycles. The van der Waals surface area contributed by atoms with Gasteiger partial charge in [0, 0.05) is 17.2 Å². The molecule has 0 saturated carbocycles. The number of hydrogen-bond acceptors (Lipinski definition) is 2. The Hall–Kier alpha value is -0.940. The van der Waals surface area contributed by atoms with E-state index < -0.39 is 0 Å². The van der Waals surface area contributed by atoms with Crippen molar-refractivity contribution in [3.63, 3.8) is 0 Å². The number of nitrogens with zero attached hydrogens (tertiary/aromatic N) is 2. The van der Waals surface area contributed by atoms with Gasteiger partial charge in [0.15, 0.2) is 10.4 Å². The van der Waals surface area contributed by atoms with Gasteiger partial charge in [-0.3, -0.25) is 0 Å². The number of imidazole rings is 1. The van der Waals surface area contributed by atoms with Gasteiger partial charge < -0.3 is 9.55 Å². The predicted molar refractivity (Wildman–Crippen MR) is 79.1 cm³/mol. The molecular formula is C13H14BrN3S. The molecular weight excluding hydrogens is 310 g/mol. The summed E-state index contributed by atoms with van der Waals surface area (Å²) in [6.45, 7) is 0.956. The summed E-state index contributed by atoms with van der Waals surface area (Å²) in [5, 5.41) is 0. The second kappa shape index (κ2) is 4.97. The molecule has 3 nitrogen and oxygen atoms in total. The van der Waals surface area contributed by atoms with Crippen LogP contribution in [0.15, 0.2) is 28.9 Å². The lowest BCUT2D eigenvalue weighted by atomic mass is 9.94. The topological polar surface area (TPSA) is 33.6 Å². The van der Waals surface area contributed by atoms with Crippen LogP contribution in [0.3, 0.4) is 0 Å². The molecule has 0 saturated heterocycles. The Morgan fingerprint density at radius 2 is 2.39 bits per heavy atom. The molecule has 1 aliphatic rings. The van der Waals surface area contributed by atoms with E-state index in [9.17, 15) is 0 Å². The highest BCUT2D eigenvalue weighted by molar-refractivity contribution is 9.10. The van der Waals surface area contributed by atoms with Gasteiger partial charge in [-0.05, 0) is 59.4 Å². The van der Waals surface area contributed by atoms with Crippen LogP contribution in [0.5, 0.6) is 0 Å². The van der Waals surface area contributed by atoms with Crippen LogP contribution in [0, 0.1) is 10.7 Å². The molecule has 2 aromatic rings. The third-order valence-corrected chi connectivity index (χ3v) is 4.15. The van der Waals surface area contributed by atoms with Crippen LogP contribution in [-0.2, 0) is 6.54 Å². The van der Waals surface area contributed by atoms with Gasteiger partial charge in [-0.15, -0.1) is 0 Å². The molecule has 18 heavy (non-hydrogen) atoms. The number of aromatic amines is 1. The first kappa shape index (κ1) is 12.1. The molecule has 1 unspecified atom stereocenters. The molecule has 1 atom stereocenters. The highest BCUT2D eigenvalue weighted by Crippen LogP contribution is 2.23. The van der Waals surface area contributed by atoms with Gasteiger partial charge in [0.05, 0.1) is 5.52 Å². The summed E-state index contributed by atoms with van der Waals surface area (Å²) >= 11 is 8.83. The molecule has 2 heterocycles. The summed E-state index contributed by atoms with van der Waals surface area (Å²) in [6, 6.07) is 2.02. The third-order valence-electron chi connectivity index (χ3n) is 3.39. The van der Waals surface area contributed by atoms with Gasteiger partial charge in [-0.1, -0.05) is 12.2 Å². The fourth-order valence-corrected chi connectivity index (χ4v) is 3.07. The standard InChI is InChI=1S/C13H14BrN3S/c14-10-6-11-12(15-7-10)17(13(18)16-11)8-9-4-2-1-3-5-9/h1-2,6-7,9H,3-5,8H2,(H,16,18). The van der Waals surface area contributed by atoms with E-state index in [1.807, 2.05) is 12.3 Å². The Morgan fingerprint density at radius 1 is 1.50 bits per heavy atom. The van der Waals surface area contributed by atoms with Crippen molar-refractivity contribution >= 4 is 39.3 Å². The number of nitrogens with one attached hydrogen (secondary N) is 1. The van der Waals surface area contributed by atoms with Crippen molar-refractivity contribution in [1.82, 2.24) is 14.5 Å². The summed E-state index contributed by atoms with van der Waals surface area (Å²) in [5.41, 5.74) is 1.96. The second-order valence-electron chi connectivity index (χ2n) is 4.72. The van der Waals surface area contributed by atoms with E-state index in [4.69, 9.17) is 12.2 Å². The van der Waals surface area contributed by atoms with Gasteiger partial charge in [-0.2, -0.15) is 0 Å². The van der Waals surface area contributed by atoms with Crippen LogP contribution >= 0.6 is 28.1 Å². The lowest BCUT2D eigenvalue weighted by Crippen LogP contribution is -2.12. The minimum atomic E-state index is 0.672. The number of aromatic nitrogens is 3. The number of hydrogen-bond donors (Lipinski definition) is 1. The van der Waals surface area contributed by atoms with Crippen molar-refractivity contribution in [1.29, 1.82) is 0 Å². The molecule has 0 bridgehead atoms. The van der Waals surface area contributed by atoms with Crippen LogP contribution in [0.2, 0.25) is 0 Å². The molecule has 0 amide bonds. The van der Waals surface area contributed by atoms with Crippen LogP contribution in [-0.4, -0.2) is 14.5 Å². The lowest BCUT2D eigenvalue weighted by Gasteiger charge is -2.18. The van der Waals surface area contributed by atoms with E-state index in [-0.39, 0.29) is 0 Å². The van der Waals surface area contributed by atoms with Gasteiger partial charge in [0.1, 0.15) is 0 Å². The zero-order chi connectivity index (χ0) is 12.5. The predicted octanol–water partition coefficient (Wildman–Crippen LogP) is 4.21. The van der Waals surface area contributed by atoms with E-state index in [0.717, 1.165) is 33.4 Å². The fourth-order valence-electron chi connectivity index (χ4n) is 2.47. The van der Waals surface area contributed by atoms with Crippen molar-refractivity contribution in [3.05, 3.63) is 33.7 Å². The quantitative estimate of drug-likeness (QED) is 0.663. The molecule has 1 N–H and O–H groups in total. The van der Waals surface area contributed by atoms with Crippen molar-refractivity contribution in [3.8, 4) is 0 Å². The highest BCUT2D eigenvalue weighted by atomic mass is 79.9. The first-order valence-corrected chi connectivity index (χ1v) is 7.33. The Kier molecular flexibility index (Phi) is 3.35. The Balaban J connectivity index is 1.98. The number of halogens is 1. The van der Waals surface area contributed by atoms with Crippen molar-refractivity contribution < 1.29 is 0 Å². The van der Waals surface area contributed by atoms with Gasteiger partial charge in [0.2, 0.25) is 0 Å². The lowest BCUT2D eigenvalue weighted by molar-refractivity contribution is 0.412. The summed E-state index contributed by atoms with van der Waals surface area (Å²) in [6.07, 6.45) is 9.92. The fraction of sp³-hybridized carbons (Fsp3) is 0.385. The number of allylic oxidation sites excluding steroid dienone is 2. The molecule has 0 fully saturated rings. The normalized spacial score (nSPS) is 19.5. The summed E-state index contributed by atoms with van der Waals surface area (Å²) in [5.74, 6) is 0.672. The maximum absolute atomic E-state index is 5.40. The monoisotopic (exact) mass is 323 g/mol. The van der Waals surface area contributed by atoms with E-state index in [1.54, 1.807) is 0 Å². The average Bonchev–Trinajstić information content (AvgIpc) is 2.66. The maximum atomic E-state index is 5.40. The number of pyridine rings is 1. The van der Waals surface area contributed by atoms with Crippen LogP contribution in [0.4, 0.5) is 0 Å².